The number of benzene rings is 1. The van der Waals surface area contributed by atoms with Gasteiger partial charge in [0.15, 0.2) is 0 Å². The Kier molecular flexibility index (Phi) is 3.19. The molecule has 1 aliphatic rings. The predicted octanol–water partition coefficient (Wildman–Crippen LogP) is 0.571. The first-order valence-electron chi connectivity index (χ1n) is 5.64. The van der Waals surface area contributed by atoms with Gasteiger partial charge in [-0.3, -0.25) is 4.79 Å². The van der Waals surface area contributed by atoms with Gasteiger partial charge in [0, 0.05) is 18.8 Å². The minimum Gasteiger partial charge on any atom is -0.508 e. The zero-order valence-corrected chi connectivity index (χ0v) is 9.47. The summed E-state index contributed by atoms with van der Waals surface area (Å²) in [5, 5.41) is 18.9. The molecule has 4 N–H and O–H groups in total. The summed E-state index contributed by atoms with van der Waals surface area (Å²) in [6.07, 6.45) is 1.04. The maximum atomic E-state index is 12.1. The second kappa shape index (κ2) is 4.63. The molecule has 0 spiro atoms. The van der Waals surface area contributed by atoms with E-state index >= 15 is 0 Å². The lowest BCUT2D eigenvalue weighted by molar-refractivity contribution is 0.0474. The molecule has 1 aliphatic heterocycles. The van der Waals surface area contributed by atoms with Gasteiger partial charge in [-0.05, 0) is 31.0 Å². The monoisotopic (exact) mass is 236 g/mol. The quantitative estimate of drug-likeness (QED) is 0.491. The molecule has 1 aromatic rings. The normalized spacial score (nSPS) is 20.3. The Morgan fingerprint density at radius 3 is 2.94 bits per heavy atom. The van der Waals surface area contributed by atoms with Gasteiger partial charge in [0.05, 0.1) is 11.7 Å². The van der Waals surface area contributed by atoms with Crippen LogP contribution in [0.25, 0.3) is 0 Å². The molecule has 0 radical (unpaired) electrons. The number of amides is 1. The topological polar surface area (TPSA) is 86.8 Å². The number of piperidine rings is 1. The minimum absolute atomic E-state index is 0.0140. The van der Waals surface area contributed by atoms with E-state index in [1.54, 1.807) is 4.90 Å². The number of aliphatic hydroxyl groups is 1. The average Bonchev–Trinajstić information content (AvgIpc) is 2.31. The minimum atomic E-state index is -0.466. The number of hydrogen-bond donors (Lipinski definition) is 3. The van der Waals surface area contributed by atoms with Crippen molar-refractivity contribution in [2.45, 2.75) is 18.9 Å². The SMILES string of the molecule is Nc1ccc(O)cc1C(=O)N1CCC[C@H](O)C1. The highest BCUT2D eigenvalue weighted by Crippen LogP contribution is 2.22. The fourth-order valence-corrected chi connectivity index (χ4v) is 2.04. The van der Waals surface area contributed by atoms with E-state index in [-0.39, 0.29) is 11.7 Å². The molecule has 0 aliphatic carbocycles. The molecule has 92 valence electrons. The van der Waals surface area contributed by atoms with E-state index in [2.05, 4.69) is 0 Å². The van der Waals surface area contributed by atoms with Crippen LogP contribution in [0.3, 0.4) is 0 Å². The Morgan fingerprint density at radius 2 is 2.24 bits per heavy atom. The van der Waals surface area contributed by atoms with Gasteiger partial charge in [0.1, 0.15) is 5.75 Å². The summed E-state index contributed by atoms with van der Waals surface area (Å²) >= 11 is 0. The lowest BCUT2D eigenvalue weighted by Crippen LogP contribution is -2.42. The van der Waals surface area contributed by atoms with Crippen LogP contribution in [0, 0.1) is 0 Å². The van der Waals surface area contributed by atoms with Gasteiger partial charge in [0.2, 0.25) is 0 Å². The van der Waals surface area contributed by atoms with Crippen molar-refractivity contribution in [1.29, 1.82) is 0 Å². The number of carbonyl (C=O) groups excluding carboxylic acids is 1. The van der Waals surface area contributed by atoms with Crippen LogP contribution in [-0.4, -0.2) is 40.2 Å². The van der Waals surface area contributed by atoms with Crippen molar-refractivity contribution in [3.63, 3.8) is 0 Å². The van der Waals surface area contributed by atoms with E-state index in [1.165, 1.54) is 18.2 Å². The summed E-state index contributed by atoms with van der Waals surface area (Å²) in [6, 6.07) is 4.30. The summed E-state index contributed by atoms with van der Waals surface area (Å²) in [5.74, 6) is -0.225. The fraction of sp³-hybridized carbons (Fsp3) is 0.417. The summed E-state index contributed by atoms with van der Waals surface area (Å²) in [7, 11) is 0. The molecule has 5 heteroatoms. The number of rotatable bonds is 1. The Bertz CT molecular complexity index is 434. The smallest absolute Gasteiger partial charge is 0.256 e. The van der Waals surface area contributed by atoms with Crippen molar-refractivity contribution in [2.24, 2.45) is 0 Å². The van der Waals surface area contributed by atoms with Crippen LogP contribution in [0.15, 0.2) is 18.2 Å². The number of likely N-dealkylation sites (tertiary alicyclic amines) is 1. The fourth-order valence-electron chi connectivity index (χ4n) is 2.04. The largest absolute Gasteiger partial charge is 0.508 e. The third kappa shape index (κ3) is 2.50. The molecule has 0 saturated carbocycles. The third-order valence-electron chi connectivity index (χ3n) is 2.95. The highest BCUT2D eigenvalue weighted by atomic mass is 16.3. The summed E-state index contributed by atoms with van der Waals surface area (Å²) in [4.78, 5) is 13.7. The highest BCUT2D eigenvalue weighted by molar-refractivity contribution is 5.99. The van der Waals surface area contributed by atoms with Crippen molar-refractivity contribution < 1.29 is 15.0 Å². The molecule has 1 aromatic carbocycles. The van der Waals surface area contributed by atoms with E-state index in [4.69, 9.17) is 5.73 Å². The Hall–Kier alpha value is -1.75. The first-order valence-corrected chi connectivity index (χ1v) is 5.64. The van der Waals surface area contributed by atoms with Gasteiger partial charge >= 0.3 is 0 Å². The van der Waals surface area contributed by atoms with Crippen LogP contribution in [-0.2, 0) is 0 Å². The maximum Gasteiger partial charge on any atom is 0.256 e. The molecular formula is C12H16N2O3. The molecule has 0 bridgehead atoms. The third-order valence-corrected chi connectivity index (χ3v) is 2.95. The second-order valence-corrected chi connectivity index (χ2v) is 4.32. The van der Waals surface area contributed by atoms with Gasteiger partial charge in [-0.15, -0.1) is 0 Å². The zero-order chi connectivity index (χ0) is 12.4. The number of phenolic OH excluding ortho intramolecular Hbond substituents is 1. The number of nitrogens with two attached hydrogens (primary N) is 1. The Morgan fingerprint density at radius 1 is 1.47 bits per heavy atom. The lowest BCUT2D eigenvalue weighted by Gasteiger charge is -2.30. The van der Waals surface area contributed by atoms with E-state index in [1.807, 2.05) is 0 Å². The summed E-state index contributed by atoms with van der Waals surface area (Å²) in [5.41, 5.74) is 6.34. The first kappa shape index (κ1) is 11.7. The number of aliphatic hydroxyl groups excluding tert-OH is 1. The van der Waals surface area contributed by atoms with Crippen LogP contribution < -0.4 is 5.73 Å². The number of aromatic hydroxyl groups is 1. The summed E-state index contributed by atoms with van der Waals surface area (Å²) < 4.78 is 0. The van der Waals surface area contributed by atoms with Crippen LogP contribution in [0.5, 0.6) is 5.75 Å². The number of carbonyl (C=O) groups is 1. The molecule has 0 unspecified atom stereocenters. The Balaban J connectivity index is 2.21. The van der Waals surface area contributed by atoms with E-state index in [0.717, 1.165) is 12.8 Å². The van der Waals surface area contributed by atoms with Gasteiger partial charge in [0.25, 0.3) is 5.91 Å². The van der Waals surface area contributed by atoms with Gasteiger partial charge in [-0.1, -0.05) is 0 Å². The van der Waals surface area contributed by atoms with Crippen LogP contribution >= 0.6 is 0 Å². The standard InChI is InChI=1S/C12H16N2O3/c13-11-4-3-8(15)6-10(11)12(17)14-5-1-2-9(16)7-14/h3-4,6,9,15-16H,1-2,5,7,13H2/t9-/m0/s1. The molecule has 1 amide bonds. The molecule has 2 rings (SSSR count). The zero-order valence-electron chi connectivity index (χ0n) is 9.47. The van der Waals surface area contributed by atoms with Gasteiger partial charge < -0.3 is 20.8 Å². The van der Waals surface area contributed by atoms with Crippen molar-refractivity contribution in [1.82, 2.24) is 4.90 Å². The van der Waals surface area contributed by atoms with E-state index < -0.39 is 6.10 Å². The predicted molar refractivity (Wildman–Crippen MR) is 63.7 cm³/mol. The van der Waals surface area contributed by atoms with Gasteiger partial charge in [-0.25, -0.2) is 0 Å². The van der Waals surface area contributed by atoms with E-state index in [0.29, 0.717) is 24.3 Å². The number of β-amino-alcohol motifs (C(OH)–C–C–N with tert-alkyl or cyclic N) is 1. The molecule has 17 heavy (non-hydrogen) atoms. The number of anilines is 1. The molecule has 1 saturated heterocycles. The highest BCUT2D eigenvalue weighted by Gasteiger charge is 2.24. The molecule has 1 heterocycles. The van der Waals surface area contributed by atoms with Crippen molar-refractivity contribution in [3.8, 4) is 5.75 Å². The first-order chi connectivity index (χ1) is 8.08. The average molecular weight is 236 g/mol. The number of phenols is 1. The van der Waals surface area contributed by atoms with Crippen LogP contribution in [0.1, 0.15) is 23.2 Å². The molecule has 1 atom stereocenters. The molecule has 1 fully saturated rings. The Labute approximate surface area is 99.5 Å². The number of nitrogen functional groups attached to an aromatic ring is 1. The number of hydrogen-bond acceptors (Lipinski definition) is 4. The van der Waals surface area contributed by atoms with E-state index in [9.17, 15) is 15.0 Å². The second-order valence-electron chi connectivity index (χ2n) is 4.32. The lowest BCUT2D eigenvalue weighted by atomic mass is 10.1. The maximum absolute atomic E-state index is 12.1. The van der Waals surface area contributed by atoms with Crippen molar-refractivity contribution in [3.05, 3.63) is 23.8 Å². The molecule has 0 aromatic heterocycles. The van der Waals surface area contributed by atoms with Crippen LogP contribution in [0.4, 0.5) is 5.69 Å². The van der Waals surface area contributed by atoms with Crippen LogP contribution in [0.2, 0.25) is 0 Å². The molecule has 5 nitrogen and oxygen atoms in total. The van der Waals surface area contributed by atoms with Gasteiger partial charge in [-0.2, -0.15) is 0 Å². The van der Waals surface area contributed by atoms with Crippen molar-refractivity contribution in [2.75, 3.05) is 18.8 Å². The van der Waals surface area contributed by atoms with Crippen molar-refractivity contribution >= 4 is 11.6 Å². The number of nitrogens with zero attached hydrogens (tertiary/aromatic N) is 1. The molecular weight excluding hydrogens is 220 g/mol. The summed E-state index contributed by atoms with van der Waals surface area (Å²) in [6.45, 7) is 0.943.